The van der Waals surface area contributed by atoms with Gasteiger partial charge in [-0.1, -0.05) is 18.7 Å². The smallest absolute Gasteiger partial charge is 0.201 e. The highest BCUT2D eigenvalue weighted by molar-refractivity contribution is 4.63. The molecule has 0 amide bonds. The van der Waals surface area contributed by atoms with Gasteiger partial charge in [0.1, 0.15) is 5.60 Å². The number of rotatable bonds is 5. The normalized spacial score (nSPS) is 14.3. The van der Waals surface area contributed by atoms with Gasteiger partial charge in [0.05, 0.1) is 0 Å². The molecular weight excluding hydrogens is 180 g/mol. The van der Waals surface area contributed by atoms with Crippen molar-refractivity contribution < 1.29 is 9.70 Å². The molecule has 0 saturated heterocycles. The van der Waals surface area contributed by atoms with Gasteiger partial charge in [-0.05, 0) is 20.3 Å². The van der Waals surface area contributed by atoms with E-state index in [1.54, 1.807) is 0 Å². The van der Waals surface area contributed by atoms with Gasteiger partial charge < -0.3 is 10.0 Å². The van der Waals surface area contributed by atoms with Crippen molar-refractivity contribution in [2.75, 3.05) is 0 Å². The molecular formula is C10H22N2O2. The van der Waals surface area contributed by atoms with Crippen molar-refractivity contribution in [3.8, 4) is 0 Å². The summed E-state index contributed by atoms with van der Waals surface area (Å²) in [4.78, 5) is 5.81. The first-order valence-electron chi connectivity index (χ1n) is 5.11. The van der Waals surface area contributed by atoms with Crippen LogP contribution in [-0.2, 0) is 4.84 Å². The Bertz CT molecular complexity index is 210. The lowest BCUT2D eigenvalue weighted by Crippen LogP contribution is -2.32. The molecule has 4 nitrogen and oxygen atoms in total. The third-order valence-corrected chi connectivity index (χ3v) is 2.60. The van der Waals surface area contributed by atoms with Gasteiger partial charge in [0, 0.05) is 20.3 Å². The first kappa shape index (κ1) is 13.2. The van der Waals surface area contributed by atoms with Crippen LogP contribution in [0.5, 0.6) is 0 Å². The summed E-state index contributed by atoms with van der Waals surface area (Å²) in [5, 5.41) is 15.1. The Balaban J connectivity index is 4.40. The molecule has 4 heteroatoms. The molecule has 84 valence electrons. The van der Waals surface area contributed by atoms with E-state index in [1.165, 1.54) is 0 Å². The van der Waals surface area contributed by atoms with Crippen molar-refractivity contribution in [1.29, 1.82) is 0 Å². The van der Waals surface area contributed by atoms with Crippen molar-refractivity contribution in [1.82, 2.24) is 0 Å². The molecule has 0 aliphatic rings. The van der Waals surface area contributed by atoms with E-state index in [0.717, 1.165) is 12.8 Å². The van der Waals surface area contributed by atoms with E-state index >= 15 is 0 Å². The predicted octanol–water partition coefficient (Wildman–Crippen LogP) is 3.26. The lowest BCUT2D eigenvalue weighted by atomic mass is 10.0. The number of hydrogen-bond donors (Lipinski definition) is 0. The summed E-state index contributed by atoms with van der Waals surface area (Å²) in [5.74, 6) is 0. The topological polar surface area (TPSA) is 47.7 Å². The Kier molecular flexibility index (Phi) is 4.36. The average Bonchev–Trinajstić information content (AvgIpc) is 2.14. The van der Waals surface area contributed by atoms with Crippen LogP contribution in [-0.4, -0.2) is 16.0 Å². The fourth-order valence-corrected chi connectivity index (χ4v) is 0.458. The number of hydroxylamine groups is 1. The molecule has 0 saturated carbocycles. The second kappa shape index (κ2) is 4.62. The van der Waals surface area contributed by atoms with Gasteiger partial charge in [0.15, 0.2) is 5.54 Å². The minimum absolute atomic E-state index is 0.369. The van der Waals surface area contributed by atoms with Crippen molar-refractivity contribution in [3.05, 3.63) is 5.21 Å². The van der Waals surface area contributed by atoms with Gasteiger partial charge in [0.2, 0.25) is 5.28 Å². The molecule has 0 unspecified atom stereocenters. The summed E-state index contributed by atoms with van der Waals surface area (Å²) < 4.78 is 0. The van der Waals surface area contributed by atoms with E-state index in [-0.39, 0.29) is 5.60 Å². The van der Waals surface area contributed by atoms with Crippen LogP contribution in [0.4, 0.5) is 0 Å². The first-order chi connectivity index (χ1) is 6.25. The van der Waals surface area contributed by atoms with E-state index in [9.17, 15) is 5.21 Å². The summed E-state index contributed by atoms with van der Waals surface area (Å²) in [5.41, 5.74) is -0.865. The molecule has 0 aromatic rings. The molecule has 14 heavy (non-hydrogen) atoms. The van der Waals surface area contributed by atoms with Crippen LogP contribution < -0.4 is 0 Å². The second-order valence-electron chi connectivity index (χ2n) is 4.73. The summed E-state index contributed by atoms with van der Waals surface area (Å²) in [7, 11) is 0. The summed E-state index contributed by atoms with van der Waals surface area (Å²) in [6.07, 6.45) is 1.55. The van der Waals surface area contributed by atoms with Gasteiger partial charge in [-0.25, -0.2) is 0 Å². The third kappa shape index (κ3) is 3.94. The highest BCUT2D eigenvalue weighted by Gasteiger charge is 2.27. The zero-order valence-electron chi connectivity index (χ0n) is 10.1. The van der Waals surface area contributed by atoms with Crippen LogP contribution in [0.2, 0.25) is 0 Å². The van der Waals surface area contributed by atoms with Gasteiger partial charge in [-0.2, -0.15) is 0 Å². The summed E-state index contributed by atoms with van der Waals surface area (Å²) >= 11 is 0. The van der Waals surface area contributed by atoms with Gasteiger partial charge >= 0.3 is 0 Å². The molecule has 0 radical (unpaired) electrons. The summed E-state index contributed by atoms with van der Waals surface area (Å²) in [6, 6.07) is 0. The predicted molar refractivity (Wildman–Crippen MR) is 55.9 cm³/mol. The van der Waals surface area contributed by atoms with E-state index in [2.05, 4.69) is 5.28 Å². The van der Waals surface area contributed by atoms with Gasteiger partial charge in [-0.15, -0.1) is 0 Å². The average molecular weight is 202 g/mol. The highest BCUT2D eigenvalue weighted by atomic mass is 16.7. The Labute approximate surface area is 86.5 Å². The van der Waals surface area contributed by atoms with Crippen LogP contribution in [0, 0.1) is 5.21 Å². The van der Waals surface area contributed by atoms with Gasteiger partial charge in [-0.3, -0.25) is 0 Å². The van der Waals surface area contributed by atoms with Crippen molar-refractivity contribution in [2.45, 2.75) is 65.5 Å². The zero-order chi connectivity index (χ0) is 11.4. The fourth-order valence-electron chi connectivity index (χ4n) is 0.458. The minimum Gasteiger partial charge on any atom is -0.597 e. The van der Waals surface area contributed by atoms with Crippen LogP contribution in [0.1, 0.15) is 54.4 Å². The number of hydrogen-bond acceptors (Lipinski definition) is 3. The molecule has 0 rings (SSSR count). The number of nitrogens with zero attached hydrogens (tertiary/aromatic N) is 2. The maximum Gasteiger partial charge on any atom is 0.201 e. The van der Waals surface area contributed by atoms with E-state index in [4.69, 9.17) is 4.84 Å². The maximum absolute atomic E-state index is 11.5. The molecule has 0 bridgehead atoms. The Morgan fingerprint density at radius 3 is 2.00 bits per heavy atom. The molecule has 0 heterocycles. The molecule has 0 spiro atoms. The molecule has 0 aromatic carbocycles. The Morgan fingerprint density at radius 2 is 1.64 bits per heavy atom. The zero-order valence-corrected chi connectivity index (χ0v) is 10.1. The SMILES string of the molecule is CCC(C)(C)O/N=[N+](\[O-])C(C)(C)CC. The minimum atomic E-state index is -0.496. The van der Waals surface area contributed by atoms with Crippen LogP contribution in [0.3, 0.4) is 0 Å². The van der Waals surface area contributed by atoms with Crippen molar-refractivity contribution in [3.63, 3.8) is 0 Å². The highest BCUT2D eigenvalue weighted by Crippen LogP contribution is 2.17. The van der Waals surface area contributed by atoms with E-state index in [1.807, 2.05) is 41.5 Å². The van der Waals surface area contributed by atoms with Crippen LogP contribution in [0.25, 0.3) is 0 Å². The van der Waals surface area contributed by atoms with Crippen molar-refractivity contribution >= 4 is 0 Å². The maximum atomic E-state index is 11.5. The molecule has 0 fully saturated rings. The van der Waals surface area contributed by atoms with E-state index in [0.29, 0.717) is 4.86 Å². The Morgan fingerprint density at radius 1 is 1.14 bits per heavy atom. The van der Waals surface area contributed by atoms with E-state index < -0.39 is 5.54 Å². The molecule has 0 aromatic heterocycles. The largest absolute Gasteiger partial charge is 0.597 e. The quantitative estimate of drug-likeness (QED) is 0.390. The first-order valence-corrected chi connectivity index (χ1v) is 5.11. The molecule has 0 N–H and O–H groups in total. The molecule has 0 aliphatic heterocycles. The second-order valence-corrected chi connectivity index (χ2v) is 4.73. The Hall–Kier alpha value is -0.800. The molecule has 0 aliphatic carbocycles. The third-order valence-electron chi connectivity index (χ3n) is 2.60. The van der Waals surface area contributed by atoms with Crippen LogP contribution in [0.15, 0.2) is 5.28 Å². The van der Waals surface area contributed by atoms with Crippen molar-refractivity contribution in [2.24, 2.45) is 5.28 Å². The van der Waals surface area contributed by atoms with Crippen LogP contribution >= 0.6 is 0 Å². The molecule has 0 atom stereocenters. The standard InChI is InChI=1S/C10H22N2O2/c1-7-9(3,4)12(13)11-14-10(5,6)8-2/h7-8H2,1-6H3/b12-11-. The fraction of sp³-hybridized carbons (Fsp3) is 1.00. The lowest BCUT2D eigenvalue weighted by molar-refractivity contribution is -0.630. The monoisotopic (exact) mass is 202 g/mol. The summed E-state index contributed by atoms with van der Waals surface area (Å²) in [6.45, 7) is 11.4. The lowest BCUT2D eigenvalue weighted by Gasteiger charge is -2.21. The van der Waals surface area contributed by atoms with Gasteiger partial charge in [0.25, 0.3) is 0 Å².